The van der Waals surface area contributed by atoms with E-state index in [4.69, 9.17) is 0 Å². The molecule has 2 aromatic carbocycles. The van der Waals surface area contributed by atoms with Crippen LogP contribution in [-0.2, 0) is 10.0 Å². The van der Waals surface area contributed by atoms with Crippen LogP contribution in [0.15, 0.2) is 47.4 Å². The summed E-state index contributed by atoms with van der Waals surface area (Å²) in [6, 6.07) is 8.05. The molecule has 2 aromatic rings. The zero-order valence-electron chi connectivity index (χ0n) is 17.3. The molecule has 12 heteroatoms. The Morgan fingerprint density at radius 3 is 2.09 bits per heavy atom. The highest BCUT2D eigenvalue weighted by Gasteiger charge is 2.33. The van der Waals surface area contributed by atoms with Crippen molar-refractivity contribution in [3.8, 4) is 5.75 Å². The van der Waals surface area contributed by atoms with Crippen molar-refractivity contribution in [2.75, 3.05) is 45.2 Å². The van der Waals surface area contributed by atoms with Gasteiger partial charge in [-0.25, -0.2) is 12.8 Å². The third-order valence-corrected chi connectivity index (χ3v) is 6.81. The normalized spacial score (nSPS) is 15.5. The monoisotopic (exact) mass is 475 g/mol. The minimum atomic E-state index is -4.88. The van der Waals surface area contributed by atoms with Crippen LogP contribution in [-0.4, -0.2) is 70.2 Å². The van der Waals surface area contributed by atoms with E-state index in [0.29, 0.717) is 5.69 Å². The van der Waals surface area contributed by atoms with Gasteiger partial charge in [-0.15, -0.1) is 13.2 Å². The second-order valence-corrected chi connectivity index (χ2v) is 9.21. The van der Waals surface area contributed by atoms with Gasteiger partial charge in [0, 0.05) is 45.8 Å². The summed E-state index contributed by atoms with van der Waals surface area (Å²) in [4.78, 5) is 15.5. The van der Waals surface area contributed by atoms with Gasteiger partial charge in [-0.2, -0.15) is 4.31 Å². The Labute approximate surface area is 182 Å². The molecule has 0 aliphatic carbocycles. The van der Waals surface area contributed by atoms with Crippen molar-refractivity contribution in [3.63, 3.8) is 0 Å². The summed E-state index contributed by atoms with van der Waals surface area (Å²) in [7, 11) is -0.611. The first-order valence-corrected chi connectivity index (χ1v) is 10.9. The Morgan fingerprint density at radius 1 is 1.00 bits per heavy atom. The van der Waals surface area contributed by atoms with Crippen molar-refractivity contribution in [2.24, 2.45) is 0 Å². The smallest absolute Gasteiger partial charge is 0.406 e. The van der Waals surface area contributed by atoms with Gasteiger partial charge in [0.2, 0.25) is 10.0 Å². The van der Waals surface area contributed by atoms with E-state index < -0.39 is 33.9 Å². The van der Waals surface area contributed by atoms with Gasteiger partial charge >= 0.3 is 6.36 Å². The maximum absolute atomic E-state index is 14.2. The van der Waals surface area contributed by atoms with Crippen molar-refractivity contribution in [2.45, 2.75) is 11.3 Å². The number of piperazine rings is 1. The lowest BCUT2D eigenvalue weighted by Gasteiger charge is -2.34. The maximum atomic E-state index is 14.2. The molecule has 32 heavy (non-hydrogen) atoms. The van der Waals surface area contributed by atoms with Crippen molar-refractivity contribution in [1.82, 2.24) is 9.21 Å². The summed E-state index contributed by atoms with van der Waals surface area (Å²) >= 11 is 0. The van der Waals surface area contributed by atoms with Gasteiger partial charge in [-0.1, -0.05) is 0 Å². The van der Waals surface area contributed by atoms with Crippen LogP contribution < -0.4 is 9.64 Å². The van der Waals surface area contributed by atoms with Crippen LogP contribution in [0.2, 0.25) is 0 Å². The highest BCUT2D eigenvalue weighted by molar-refractivity contribution is 7.89. The standard InChI is InChI=1S/C20H21F4N3O4S/c1-25(2)18-8-3-14(13-17(18)21)19(28)26-9-11-27(12-10-26)32(29,30)16-6-4-15(5-7-16)31-20(22,23)24/h3-8,13H,9-12H2,1-2H3. The minimum absolute atomic E-state index is 0.00681. The zero-order valence-corrected chi connectivity index (χ0v) is 18.1. The first-order chi connectivity index (χ1) is 14.9. The number of amides is 1. The van der Waals surface area contributed by atoms with Gasteiger partial charge < -0.3 is 14.5 Å². The van der Waals surface area contributed by atoms with E-state index in [-0.39, 0.29) is 36.6 Å². The van der Waals surface area contributed by atoms with Crippen molar-refractivity contribution in [3.05, 3.63) is 53.8 Å². The molecule has 0 aromatic heterocycles. The predicted molar refractivity (Wildman–Crippen MR) is 109 cm³/mol. The fourth-order valence-corrected chi connectivity index (χ4v) is 4.70. The van der Waals surface area contributed by atoms with Gasteiger partial charge in [0.1, 0.15) is 11.6 Å². The van der Waals surface area contributed by atoms with E-state index in [9.17, 15) is 30.8 Å². The first-order valence-electron chi connectivity index (χ1n) is 9.50. The number of benzene rings is 2. The molecular weight excluding hydrogens is 454 g/mol. The topological polar surface area (TPSA) is 70.2 Å². The Balaban J connectivity index is 1.65. The lowest BCUT2D eigenvalue weighted by atomic mass is 10.1. The molecule has 0 atom stereocenters. The molecule has 3 rings (SSSR count). The number of rotatable bonds is 5. The lowest BCUT2D eigenvalue weighted by molar-refractivity contribution is -0.274. The van der Waals surface area contributed by atoms with Crippen LogP contribution in [0, 0.1) is 5.82 Å². The van der Waals surface area contributed by atoms with Gasteiger partial charge in [-0.05, 0) is 42.5 Å². The summed E-state index contributed by atoms with van der Waals surface area (Å²) < 4.78 is 81.4. The van der Waals surface area contributed by atoms with Gasteiger partial charge in [0.15, 0.2) is 0 Å². The Hall–Kier alpha value is -2.86. The molecule has 1 fully saturated rings. The minimum Gasteiger partial charge on any atom is -0.406 e. The fraction of sp³-hybridized carbons (Fsp3) is 0.350. The van der Waals surface area contributed by atoms with Gasteiger partial charge in [0.05, 0.1) is 10.6 Å². The van der Waals surface area contributed by atoms with E-state index in [2.05, 4.69) is 4.74 Å². The molecule has 1 aliphatic heterocycles. The molecule has 0 bridgehead atoms. The predicted octanol–water partition coefficient (Wildman–Crippen LogP) is 2.94. The van der Waals surface area contributed by atoms with E-state index in [0.717, 1.165) is 34.6 Å². The molecule has 0 unspecified atom stereocenters. The van der Waals surface area contributed by atoms with Gasteiger partial charge in [-0.3, -0.25) is 4.79 Å². The molecule has 1 heterocycles. The third-order valence-electron chi connectivity index (χ3n) is 4.90. The molecule has 1 amide bonds. The van der Waals surface area contributed by atoms with Crippen LogP contribution in [0.3, 0.4) is 0 Å². The van der Waals surface area contributed by atoms with Crippen molar-refractivity contribution in [1.29, 1.82) is 0 Å². The summed E-state index contributed by atoms with van der Waals surface area (Å²) in [5.41, 5.74) is 0.494. The number of anilines is 1. The molecule has 0 N–H and O–H groups in total. The third kappa shape index (κ3) is 5.30. The molecular formula is C20H21F4N3O4S. The second-order valence-electron chi connectivity index (χ2n) is 7.28. The molecule has 1 aliphatic rings. The largest absolute Gasteiger partial charge is 0.573 e. The van der Waals surface area contributed by atoms with Crippen LogP contribution in [0.1, 0.15) is 10.4 Å². The summed E-state index contributed by atoms with van der Waals surface area (Å²) in [6.45, 7) is 0.162. The van der Waals surface area contributed by atoms with E-state index >= 15 is 0 Å². The summed E-state index contributed by atoms with van der Waals surface area (Å²) in [5, 5.41) is 0. The van der Waals surface area contributed by atoms with Crippen LogP contribution in [0.4, 0.5) is 23.2 Å². The van der Waals surface area contributed by atoms with E-state index in [1.807, 2.05) is 0 Å². The lowest BCUT2D eigenvalue weighted by Crippen LogP contribution is -2.50. The highest BCUT2D eigenvalue weighted by atomic mass is 32.2. The summed E-state index contributed by atoms with van der Waals surface area (Å²) in [6.07, 6.45) is -4.88. The van der Waals surface area contributed by atoms with Crippen molar-refractivity contribution >= 4 is 21.6 Å². The number of halogens is 4. The Kier molecular flexibility index (Phi) is 6.65. The second kappa shape index (κ2) is 8.94. The number of carbonyl (C=O) groups excluding carboxylic acids is 1. The molecule has 1 saturated heterocycles. The molecule has 0 radical (unpaired) electrons. The summed E-state index contributed by atoms with van der Waals surface area (Å²) in [5.74, 6) is -1.49. The first kappa shape index (κ1) is 23.8. The van der Waals surface area contributed by atoms with Crippen LogP contribution >= 0.6 is 0 Å². The number of ether oxygens (including phenoxy) is 1. The number of alkyl halides is 3. The van der Waals surface area contributed by atoms with E-state index in [1.54, 1.807) is 19.0 Å². The molecule has 174 valence electrons. The fourth-order valence-electron chi connectivity index (χ4n) is 3.28. The molecule has 0 saturated carbocycles. The zero-order chi connectivity index (χ0) is 23.7. The van der Waals surface area contributed by atoms with E-state index in [1.165, 1.54) is 17.0 Å². The van der Waals surface area contributed by atoms with Crippen LogP contribution in [0.5, 0.6) is 5.75 Å². The molecule has 0 spiro atoms. The SMILES string of the molecule is CN(C)c1ccc(C(=O)N2CCN(S(=O)(=O)c3ccc(OC(F)(F)F)cc3)CC2)cc1F. The number of hydrogen-bond donors (Lipinski definition) is 0. The highest BCUT2D eigenvalue weighted by Crippen LogP contribution is 2.26. The van der Waals surface area contributed by atoms with Gasteiger partial charge in [0.25, 0.3) is 5.91 Å². The molecule has 7 nitrogen and oxygen atoms in total. The van der Waals surface area contributed by atoms with Crippen LogP contribution in [0.25, 0.3) is 0 Å². The number of hydrogen-bond acceptors (Lipinski definition) is 5. The number of carbonyl (C=O) groups is 1. The average molecular weight is 475 g/mol. The average Bonchev–Trinajstić information content (AvgIpc) is 2.72. The Bertz CT molecular complexity index is 1080. The maximum Gasteiger partial charge on any atom is 0.573 e. The number of sulfonamides is 1. The van der Waals surface area contributed by atoms with Crippen molar-refractivity contribution < 1.29 is 35.5 Å². The number of nitrogens with zero attached hydrogens (tertiary/aromatic N) is 3. The quantitative estimate of drug-likeness (QED) is 0.622. The Morgan fingerprint density at radius 2 is 1.59 bits per heavy atom.